The van der Waals surface area contributed by atoms with E-state index in [-0.39, 0.29) is 35.0 Å². The Bertz CT molecular complexity index is 870. The monoisotopic (exact) mass is 416 g/mol. The predicted molar refractivity (Wildman–Crippen MR) is 116 cm³/mol. The number of phenolic OH excluding ortho intramolecular Hbond substituents is 1. The van der Waals surface area contributed by atoms with Crippen molar-refractivity contribution in [3.05, 3.63) is 40.5 Å². The maximum atomic E-state index is 12.7. The molecule has 0 radical (unpaired) electrons. The molecule has 6 heteroatoms. The Kier molecular flexibility index (Phi) is 9.50. The first-order chi connectivity index (χ1) is 13.9. The number of allylic oxidation sites excluding steroid dienone is 4. The van der Waals surface area contributed by atoms with E-state index in [0.717, 1.165) is 18.4 Å². The second-order valence-electron chi connectivity index (χ2n) is 7.86. The second kappa shape index (κ2) is 11.3. The van der Waals surface area contributed by atoms with Crippen LogP contribution >= 0.6 is 0 Å². The number of carbonyl (C=O) groups excluding carboxylic acids is 3. The van der Waals surface area contributed by atoms with Gasteiger partial charge in [0.1, 0.15) is 22.8 Å². The zero-order chi connectivity index (χ0) is 23.0. The van der Waals surface area contributed by atoms with Crippen LogP contribution in [0.3, 0.4) is 0 Å². The fourth-order valence-corrected chi connectivity index (χ4v) is 2.83. The topological polar surface area (TPSA) is 89.9 Å². The lowest BCUT2D eigenvalue weighted by molar-refractivity contribution is -0.132. The molecule has 1 rings (SSSR count). The number of Topliss-reactive ketones (excluding diaryl/α,β-unsaturated/α-hetero) is 1. The van der Waals surface area contributed by atoms with Crippen LogP contribution in [0.2, 0.25) is 0 Å². The fraction of sp³-hybridized carbons (Fsp3) is 0.458. The minimum atomic E-state index is -0.649. The molecule has 1 aromatic carbocycles. The lowest BCUT2D eigenvalue weighted by atomic mass is 9.94. The summed E-state index contributed by atoms with van der Waals surface area (Å²) in [7, 11) is 0. The number of carbonyl (C=O) groups is 3. The maximum absolute atomic E-state index is 12.7. The molecule has 0 aliphatic carbocycles. The summed E-state index contributed by atoms with van der Waals surface area (Å²) in [6, 6.07) is 1.32. The van der Waals surface area contributed by atoms with Gasteiger partial charge < -0.3 is 14.6 Å². The van der Waals surface area contributed by atoms with Crippen LogP contribution in [0.4, 0.5) is 0 Å². The van der Waals surface area contributed by atoms with E-state index in [2.05, 4.69) is 6.08 Å². The molecule has 1 N–H and O–H groups in total. The number of ether oxygens (including phenoxy) is 2. The molecule has 0 amide bonds. The van der Waals surface area contributed by atoms with Crippen LogP contribution in [0.5, 0.6) is 17.2 Å². The first kappa shape index (κ1) is 25.1. The lowest BCUT2D eigenvalue weighted by Gasteiger charge is -2.18. The molecule has 0 spiro atoms. The standard InChI is InChI=1S/C24H32O6/c1-14(2)9-8-10-16(5)11-12-19-20(29-17(6)25)13-21(30-18(7)26)22(24(19)28)23(27)15(3)4/h9,11,13,15,28H,8,10,12H2,1-7H3. The Morgan fingerprint density at radius 3 is 2.03 bits per heavy atom. The van der Waals surface area contributed by atoms with E-state index in [9.17, 15) is 19.5 Å². The van der Waals surface area contributed by atoms with Crippen LogP contribution in [0, 0.1) is 5.92 Å². The van der Waals surface area contributed by atoms with E-state index in [1.165, 1.54) is 25.5 Å². The third-order valence-electron chi connectivity index (χ3n) is 4.35. The molecule has 0 saturated carbocycles. The second-order valence-corrected chi connectivity index (χ2v) is 7.86. The van der Waals surface area contributed by atoms with Crippen LogP contribution in [0.25, 0.3) is 0 Å². The minimum Gasteiger partial charge on any atom is -0.507 e. The molecule has 0 heterocycles. The van der Waals surface area contributed by atoms with Gasteiger partial charge in [0.05, 0.1) is 0 Å². The van der Waals surface area contributed by atoms with Crippen molar-refractivity contribution in [3.8, 4) is 17.2 Å². The number of rotatable bonds is 9. The molecule has 0 aromatic heterocycles. The largest absolute Gasteiger partial charge is 0.507 e. The maximum Gasteiger partial charge on any atom is 0.308 e. The van der Waals surface area contributed by atoms with Gasteiger partial charge in [0, 0.05) is 31.4 Å². The van der Waals surface area contributed by atoms with Crippen molar-refractivity contribution in [1.29, 1.82) is 0 Å². The van der Waals surface area contributed by atoms with Crippen molar-refractivity contribution in [3.63, 3.8) is 0 Å². The van der Waals surface area contributed by atoms with Crippen LogP contribution in [-0.4, -0.2) is 22.8 Å². The van der Waals surface area contributed by atoms with Gasteiger partial charge in [-0.25, -0.2) is 0 Å². The lowest BCUT2D eigenvalue weighted by Crippen LogP contribution is -2.14. The van der Waals surface area contributed by atoms with Crippen molar-refractivity contribution in [2.24, 2.45) is 5.92 Å². The summed E-state index contributed by atoms with van der Waals surface area (Å²) in [5, 5.41) is 10.9. The zero-order valence-electron chi connectivity index (χ0n) is 18.9. The molecule has 0 fully saturated rings. The fourth-order valence-electron chi connectivity index (χ4n) is 2.83. The molecule has 164 valence electrons. The van der Waals surface area contributed by atoms with Crippen LogP contribution in [0.1, 0.15) is 77.2 Å². The number of hydrogen-bond acceptors (Lipinski definition) is 6. The Hall–Kier alpha value is -2.89. The SMILES string of the molecule is CC(=O)Oc1cc(OC(C)=O)c(C(=O)C(C)C)c(O)c1CC=C(C)CCC=C(C)C. The average Bonchev–Trinajstić information content (AvgIpc) is 2.59. The first-order valence-corrected chi connectivity index (χ1v) is 10.0. The molecule has 0 aliphatic rings. The van der Waals surface area contributed by atoms with Gasteiger partial charge in [-0.1, -0.05) is 37.1 Å². The third kappa shape index (κ3) is 7.50. The van der Waals surface area contributed by atoms with Gasteiger partial charge >= 0.3 is 11.9 Å². The highest BCUT2D eigenvalue weighted by Crippen LogP contribution is 2.41. The average molecular weight is 417 g/mol. The van der Waals surface area contributed by atoms with E-state index in [1.54, 1.807) is 13.8 Å². The molecule has 6 nitrogen and oxygen atoms in total. The van der Waals surface area contributed by atoms with Crippen molar-refractivity contribution in [2.75, 3.05) is 0 Å². The van der Waals surface area contributed by atoms with Gasteiger partial charge in [0.2, 0.25) is 0 Å². The number of esters is 2. The van der Waals surface area contributed by atoms with Crippen molar-refractivity contribution < 1.29 is 29.0 Å². The molecule has 0 saturated heterocycles. The summed E-state index contributed by atoms with van der Waals surface area (Å²) in [5.74, 6) is -2.44. The molecular weight excluding hydrogens is 384 g/mol. The van der Waals surface area contributed by atoms with Crippen molar-refractivity contribution >= 4 is 17.7 Å². The van der Waals surface area contributed by atoms with Gasteiger partial charge in [0.25, 0.3) is 0 Å². The van der Waals surface area contributed by atoms with Gasteiger partial charge in [-0.05, 0) is 40.0 Å². The van der Waals surface area contributed by atoms with Crippen molar-refractivity contribution in [2.45, 2.75) is 67.7 Å². The van der Waals surface area contributed by atoms with E-state index >= 15 is 0 Å². The van der Waals surface area contributed by atoms with E-state index < -0.39 is 17.9 Å². The summed E-state index contributed by atoms with van der Waals surface area (Å²) >= 11 is 0. The van der Waals surface area contributed by atoms with Crippen LogP contribution in [0.15, 0.2) is 29.4 Å². The Balaban J connectivity index is 3.48. The van der Waals surface area contributed by atoms with Gasteiger partial charge in [-0.3, -0.25) is 14.4 Å². The number of hydrogen-bond donors (Lipinski definition) is 1. The summed E-state index contributed by atoms with van der Waals surface area (Å²) in [4.78, 5) is 35.8. The van der Waals surface area contributed by atoms with Gasteiger partial charge in [-0.2, -0.15) is 0 Å². The molecule has 0 unspecified atom stereocenters. The molecule has 30 heavy (non-hydrogen) atoms. The van der Waals surface area contributed by atoms with E-state index in [0.29, 0.717) is 5.56 Å². The highest BCUT2D eigenvalue weighted by Gasteiger charge is 2.27. The summed E-state index contributed by atoms with van der Waals surface area (Å²) in [5.41, 5.74) is 2.56. The quantitative estimate of drug-likeness (QED) is 0.254. The number of phenols is 1. The van der Waals surface area contributed by atoms with Crippen molar-refractivity contribution in [1.82, 2.24) is 0 Å². The molecular formula is C24H32O6. The summed E-state index contributed by atoms with van der Waals surface area (Å²) < 4.78 is 10.4. The zero-order valence-corrected chi connectivity index (χ0v) is 18.9. The van der Waals surface area contributed by atoms with E-state index in [1.807, 2.05) is 26.8 Å². The normalized spacial score (nSPS) is 11.3. The Morgan fingerprint density at radius 2 is 1.53 bits per heavy atom. The van der Waals surface area contributed by atoms with Crippen LogP contribution < -0.4 is 9.47 Å². The number of aromatic hydroxyl groups is 1. The van der Waals surface area contributed by atoms with Gasteiger partial charge in [-0.15, -0.1) is 0 Å². The summed E-state index contributed by atoms with van der Waals surface area (Å²) in [6.45, 7) is 11.9. The smallest absolute Gasteiger partial charge is 0.308 e. The highest BCUT2D eigenvalue weighted by atomic mass is 16.5. The number of benzene rings is 1. The summed E-state index contributed by atoms with van der Waals surface area (Å²) in [6.07, 6.45) is 6.07. The number of ketones is 1. The Morgan fingerprint density at radius 1 is 0.967 bits per heavy atom. The minimum absolute atomic E-state index is 0.0601. The molecule has 0 aliphatic heterocycles. The molecule has 0 atom stereocenters. The molecule has 0 bridgehead atoms. The van der Waals surface area contributed by atoms with Crippen LogP contribution in [-0.2, 0) is 16.0 Å². The highest BCUT2D eigenvalue weighted by molar-refractivity contribution is 6.03. The molecule has 1 aromatic rings. The van der Waals surface area contributed by atoms with E-state index in [4.69, 9.17) is 9.47 Å². The third-order valence-corrected chi connectivity index (χ3v) is 4.35. The van der Waals surface area contributed by atoms with Gasteiger partial charge in [0.15, 0.2) is 5.78 Å². The predicted octanol–water partition coefficient (Wildman–Crippen LogP) is 5.32. The first-order valence-electron chi connectivity index (χ1n) is 10.0. The Labute approximate surface area is 178 Å².